The van der Waals surface area contributed by atoms with Gasteiger partial charge in [0.15, 0.2) is 0 Å². The number of hydrogen-bond acceptors (Lipinski definition) is 2. The zero-order valence-corrected chi connectivity index (χ0v) is 13.8. The summed E-state index contributed by atoms with van der Waals surface area (Å²) in [6, 6.07) is 6.57. The SMILES string of the molecule is CCc1ccc(CC)c(NC(=O)C[C@@H]2CCC[C@H]2N)c1.Cl. The predicted molar refractivity (Wildman–Crippen MR) is 91.0 cm³/mol. The summed E-state index contributed by atoms with van der Waals surface area (Å²) in [5.41, 5.74) is 9.48. The van der Waals surface area contributed by atoms with Gasteiger partial charge in [0.1, 0.15) is 0 Å². The van der Waals surface area contributed by atoms with Crippen molar-refractivity contribution in [2.75, 3.05) is 5.32 Å². The van der Waals surface area contributed by atoms with Gasteiger partial charge < -0.3 is 11.1 Å². The zero-order valence-electron chi connectivity index (χ0n) is 13.0. The lowest BCUT2D eigenvalue weighted by atomic mass is 9.99. The molecule has 3 nitrogen and oxygen atoms in total. The topological polar surface area (TPSA) is 55.1 Å². The lowest BCUT2D eigenvalue weighted by Gasteiger charge is -2.16. The molecule has 1 aromatic rings. The number of carbonyl (C=O) groups excluding carboxylic acids is 1. The fourth-order valence-corrected chi connectivity index (χ4v) is 3.03. The second kappa shape index (κ2) is 8.40. The average Bonchev–Trinajstić information content (AvgIpc) is 2.84. The van der Waals surface area contributed by atoms with E-state index in [9.17, 15) is 4.79 Å². The number of aryl methyl sites for hydroxylation is 2. The van der Waals surface area contributed by atoms with Gasteiger partial charge in [0.05, 0.1) is 0 Å². The van der Waals surface area contributed by atoms with Gasteiger partial charge in [-0.05, 0) is 48.8 Å². The van der Waals surface area contributed by atoms with Crippen molar-refractivity contribution >= 4 is 24.0 Å². The Morgan fingerprint density at radius 3 is 2.62 bits per heavy atom. The summed E-state index contributed by atoms with van der Waals surface area (Å²) in [5, 5.41) is 3.09. The van der Waals surface area contributed by atoms with Gasteiger partial charge in [-0.2, -0.15) is 0 Å². The fraction of sp³-hybridized carbons (Fsp3) is 0.588. The van der Waals surface area contributed by atoms with E-state index in [1.807, 2.05) is 0 Å². The zero-order chi connectivity index (χ0) is 14.5. The molecule has 1 saturated carbocycles. The molecule has 4 heteroatoms. The van der Waals surface area contributed by atoms with Crippen molar-refractivity contribution in [3.05, 3.63) is 29.3 Å². The Labute approximate surface area is 134 Å². The number of hydrogen-bond donors (Lipinski definition) is 2. The molecule has 3 N–H and O–H groups in total. The normalized spacial score (nSPS) is 20.9. The minimum Gasteiger partial charge on any atom is -0.327 e. The van der Waals surface area contributed by atoms with Crippen LogP contribution in [0.15, 0.2) is 18.2 Å². The molecule has 1 aromatic carbocycles. The van der Waals surface area contributed by atoms with Crippen LogP contribution in [0.1, 0.15) is 50.7 Å². The van der Waals surface area contributed by atoms with Crippen LogP contribution in [-0.4, -0.2) is 11.9 Å². The molecule has 0 unspecified atom stereocenters. The van der Waals surface area contributed by atoms with E-state index in [4.69, 9.17) is 5.73 Å². The third kappa shape index (κ3) is 4.72. The first-order valence-corrected chi connectivity index (χ1v) is 7.81. The Balaban J connectivity index is 0.00000220. The highest BCUT2D eigenvalue weighted by atomic mass is 35.5. The van der Waals surface area contributed by atoms with Gasteiger partial charge in [0, 0.05) is 18.2 Å². The summed E-state index contributed by atoms with van der Waals surface area (Å²) < 4.78 is 0. The highest BCUT2D eigenvalue weighted by Gasteiger charge is 2.26. The molecular weight excluding hydrogens is 284 g/mol. The summed E-state index contributed by atoms with van der Waals surface area (Å²) in [4.78, 5) is 12.2. The number of carbonyl (C=O) groups is 1. The maximum atomic E-state index is 12.2. The van der Waals surface area contributed by atoms with Crippen LogP contribution in [0, 0.1) is 5.92 Å². The third-order valence-electron chi connectivity index (χ3n) is 4.40. The first-order valence-electron chi connectivity index (χ1n) is 7.81. The van der Waals surface area contributed by atoms with E-state index in [0.717, 1.165) is 37.8 Å². The van der Waals surface area contributed by atoms with E-state index in [0.29, 0.717) is 12.3 Å². The minimum atomic E-state index is 0. The highest BCUT2D eigenvalue weighted by Crippen LogP contribution is 2.27. The summed E-state index contributed by atoms with van der Waals surface area (Å²) >= 11 is 0. The number of halogens is 1. The van der Waals surface area contributed by atoms with Gasteiger partial charge >= 0.3 is 0 Å². The quantitative estimate of drug-likeness (QED) is 0.871. The van der Waals surface area contributed by atoms with Crippen LogP contribution in [0.4, 0.5) is 5.69 Å². The molecule has 0 spiro atoms. The van der Waals surface area contributed by atoms with Crippen molar-refractivity contribution in [3.8, 4) is 0 Å². The maximum absolute atomic E-state index is 12.2. The van der Waals surface area contributed by atoms with Crippen molar-refractivity contribution in [1.29, 1.82) is 0 Å². The first-order chi connectivity index (χ1) is 9.63. The summed E-state index contributed by atoms with van der Waals surface area (Å²) in [7, 11) is 0. The van der Waals surface area contributed by atoms with Gasteiger partial charge in [-0.15, -0.1) is 12.4 Å². The van der Waals surface area contributed by atoms with Gasteiger partial charge in [-0.3, -0.25) is 4.79 Å². The Bertz CT molecular complexity index is 476. The largest absolute Gasteiger partial charge is 0.327 e. The Morgan fingerprint density at radius 1 is 1.29 bits per heavy atom. The van der Waals surface area contributed by atoms with Crippen molar-refractivity contribution in [1.82, 2.24) is 0 Å². The van der Waals surface area contributed by atoms with Crippen LogP contribution in [0.25, 0.3) is 0 Å². The molecule has 0 heterocycles. The molecule has 21 heavy (non-hydrogen) atoms. The second-order valence-electron chi connectivity index (χ2n) is 5.81. The lowest BCUT2D eigenvalue weighted by molar-refractivity contribution is -0.117. The van der Waals surface area contributed by atoms with Crippen LogP contribution < -0.4 is 11.1 Å². The molecule has 0 aromatic heterocycles. The molecule has 118 valence electrons. The number of benzene rings is 1. The van der Waals surface area contributed by atoms with Crippen LogP contribution >= 0.6 is 12.4 Å². The molecule has 1 aliphatic rings. The third-order valence-corrected chi connectivity index (χ3v) is 4.40. The molecular formula is C17H27ClN2O. The van der Waals surface area contributed by atoms with E-state index in [1.54, 1.807) is 0 Å². The van der Waals surface area contributed by atoms with Crippen LogP contribution in [0.2, 0.25) is 0 Å². The standard InChI is InChI=1S/C17H26N2O.ClH/c1-3-12-8-9-13(4-2)16(10-12)19-17(20)11-14-6-5-7-15(14)18;/h8-10,14-15H,3-7,11,18H2,1-2H3,(H,19,20);1H/t14-,15+;/m0./s1. The predicted octanol–water partition coefficient (Wildman–Crippen LogP) is 3.69. The summed E-state index contributed by atoms with van der Waals surface area (Å²) in [5.74, 6) is 0.463. The highest BCUT2D eigenvalue weighted by molar-refractivity contribution is 5.91. The first kappa shape index (κ1) is 18.0. The van der Waals surface area contributed by atoms with Crippen LogP contribution in [0.5, 0.6) is 0 Å². The molecule has 1 aliphatic carbocycles. The van der Waals surface area contributed by atoms with Gasteiger partial charge in [-0.1, -0.05) is 32.4 Å². The fourth-order valence-electron chi connectivity index (χ4n) is 3.03. The number of amides is 1. The van der Waals surface area contributed by atoms with Gasteiger partial charge in [0.2, 0.25) is 5.91 Å². The van der Waals surface area contributed by atoms with Crippen molar-refractivity contribution in [3.63, 3.8) is 0 Å². The summed E-state index contributed by atoms with van der Waals surface area (Å²) in [6.45, 7) is 4.24. The van der Waals surface area contributed by atoms with E-state index in [-0.39, 0.29) is 24.4 Å². The van der Waals surface area contributed by atoms with E-state index in [1.165, 1.54) is 11.1 Å². The van der Waals surface area contributed by atoms with Crippen molar-refractivity contribution in [2.24, 2.45) is 11.7 Å². The smallest absolute Gasteiger partial charge is 0.224 e. The molecule has 0 bridgehead atoms. The number of nitrogens with one attached hydrogen (secondary N) is 1. The van der Waals surface area contributed by atoms with E-state index < -0.39 is 0 Å². The second-order valence-corrected chi connectivity index (χ2v) is 5.81. The molecule has 0 radical (unpaired) electrons. The molecule has 1 fully saturated rings. The molecule has 2 rings (SSSR count). The van der Waals surface area contributed by atoms with E-state index in [2.05, 4.69) is 37.4 Å². The van der Waals surface area contributed by atoms with Crippen LogP contribution in [0.3, 0.4) is 0 Å². The molecule has 0 saturated heterocycles. The lowest BCUT2D eigenvalue weighted by Crippen LogP contribution is -2.28. The monoisotopic (exact) mass is 310 g/mol. The van der Waals surface area contributed by atoms with Crippen molar-refractivity contribution < 1.29 is 4.79 Å². The van der Waals surface area contributed by atoms with Crippen molar-refractivity contribution in [2.45, 2.75) is 58.4 Å². The minimum absolute atomic E-state index is 0. The Kier molecular flexibility index (Phi) is 7.20. The Morgan fingerprint density at radius 2 is 2.05 bits per heavy atom. The van der Waals surface area contributed by atoms with Crippen LogP contribution in [-0.2, 0) is 17.6 Å². The van der Waals surface area contributed by atoms with Gasteiger partial charge in [-0.25, -0.2) is 0 Å². The number of anilines is 1. The molecule has 0 aliphatic heterocycles. The van der Waals surface area contributed by atoms with E-state index >= 15 is 0 Å². The molecule has 1 amide bonds. The van der Waals surface area contributed by atoms with Gasteiger partial charge in [0.25, 0.3) is 0 Å². The number of rotatable bonds is 5. The molecule has 2 atom stereocenters. The summed E-state index contributed by atoms with van der Waals surface area (Å²) in [6.07, 6.45) is 5.78. The average molecular weight is 311 g/mol. The Hall–Kier alpha value is -1.06. The number of nitrogens with two attached hydrogens (primary N) is 1. The maximum Gasteiger partial charge on any atom is 0.224 e.